The molecule has 2 aromatic carbocycles. The lowest BCUT2D eigenvalue weighted by Gasteiger charge is -2.20. The molecule has 0 saturated carbocycles. The molecule has 0 unspecified atom stereocenters. The van der Waals surface area contributed by atoms with Crippen molar-refractivity contribution < 1.29 is 14.3 Å². The summed E-state index contributed by atoms with van der Waals surface area (Å²) in [6.07, 6.45) is 0.852. The predicted molar refractivity (Wildman–Crippen MR) is 95.8 cm³/mol. The Labute approximate surface area is 147 Å². The Morgan fingerprint density at radius 1 is 1.12 bits per heavy atom. The van der Waals surface area contributed by atoms with Crippen molar-refractivity contribution >= 4 is 11.6 Å². The highest BCUT2D eigenvalue weighted by atomic mass is 19.1. The highest BCUT2D eigenvalue weighted by Crippen LogP contribution is 2.24. The Hall–Kier alpha value is -2.24. The number of nitrogens with one attached hydrogen (secondary N) is 1. The maximum Gasteiger partial charge on any atom is 0.227 e. The number of aliphatic hydroxyl groups excluding tert-OH is 1. The molecule has 132 valence electrons. The van der Waals surface area contributed by atoms with E-state index in [9.17, 15) is 14.3 Å². The second-order valence-corrected chi connectivity index (χ2v) is 6.44. The van der Waals surface area contributed by atoms with Crippen LogP contribution in [0.1, 0.15) is 43.0 Å². The first-order valence-corrected chi connectivity index (χ1v) is 8.62. The number of halogens is 1. The lowest BCUT2D eigenvalue weighted by atomic mass is 10.1. The first-order chi connectivity index (χ1) is 12.0. The van der Waals surface area contributed by atoms with Crippen LogP contribution in [0.5, 0.6) is 0 Å². The molecule has 1 saturated heterocycles. The average molecular weight is 342 g/mol. The zero-order valence-corrected chi connectivity index (χ0v) is 14.3. The third-order valence-corrected chi connectivity index (χ3v) is 4.65. The number of benzene rings is 2. The van der Waals surface area contributed by atoms with E-state index in [0.29, 0.717) is 18.5 Å². The first-order valence-electron chi connectivity index (χ1n) is 8.62. The van der Waals surface area contributed by atoms with Crippen molar-refractivity contribution in [2.24, 2.45) is 0 Å². The summed E-state index contributed by atoms with van der Waals surface area (Å²) in [6.45, 7) is 3.18. The lowest BCUT2D eigenvalue weighted by Crippen LogP contribution is -2.25. The van der Waals surface area contributed by atoms with Gasteiger partial charge in [-0.3, -0.25) is 4.79 Å². The van der Waals surface area contributed by atoms with Crippen molar-refractivity contribution in [3.8, 4) is 0 Å². The van der Waals surface area contributed by atoms with E-state index < -0.39 is 6.10 Å². The SMILES string of the molecule is C[C@@H](NC[C@H](O)c1ccc(F)cc1)c1ccc(N2CCCC2=O)cc1. The van der Waals surface area contributed by atoms with Crippen LogP contribution >= 0.6 is 0 Å². The highest BCUT2D eigenvalue weighted by Gasteiger charge is 2.21. The Morgan fingerprint density at radius 3 is 2.36 bits per heavy atom. The largest absolute Gasteiger partial charge is 0.387 e. The fraction of sp³-hybridized carbons (Fsp3) is 0.350. The van der Waals surface area contributed by atoms with Gasteiger partial charge in [0.25, 0.3) is 0 Å². The number of hydrogen-bond acceptors (Lipinski definition) is 3. The molecule has 25 heavy (non-hydrogen) atoms. The van der Waals surface area contributed by atoms with Gasteiger partial charge >= 0.3 is 0 Å². The molecule has 0 aliphatic carbocycles. The van der Waals surface area contributed by atoms with E-state index >= 15 is 0 Å². The Bertz CT molecular complexity index is 715. The van der Waals surface area contributed by atoms with E-state index in [1.165, 1.54) is 12.1 Å². The smallest absolute Gasteiger partial charge is 0.227 e. The van der Waals surface area contributed by atoms with Crippen molar-refractivity contribution in [3.05, 3.63) is 65.5 Å². The molecule has 0 radical (unpaired) electrons. The van der Waals surface area contributed by atoms with Crippen LogP contribution in [0.15, 0.2) is 48.5 Å². The van der Waals surface area contributed by atoms with Crippen LogP contribution < -0.4 is 10.2 Å². The molecule has 3 rings (SSSR count). The molecule has 0 bridgehead atoms. The molecule has 2 N–H and O–H groups in total. The number of carbonyl (C=O) groups is 1. The summed E-state index contributed by atoms with van der Waals surface area (Å²) in [5, 5.41) is 13.5. The molecule has 2 atom stereocenters. The zero-order chi connectivity index (χ0) is 17.8. The Balaban J connectivity index is 1.56. The number of amides is 1. The van der Waals surface area contributed by atoms with Crippen molar-refractivity contribution in [2.75, 3.05) is 18.0 Å². The maximum absolute atomic E-state index is 12.9. The van der Waals surface area contributed by atoms with E-state index in [4.69, 9.17) is 0 Å². The molecule has 2 aromatic rings. The molecular formula is C20H23FN2O2. The van der Waals surface area contributed by atoms with Gasteiger partial charge < -0.3 is 15.3 Å². The summed E-state index contributed by atoms with van der Waals surface area (Å²) in [4.78, 5) is 13.6. The van der Waals surface area contributed by atoms with Gasteiger partial charge in [0.1, 0.15) is 5.82 Å². The molecule has 5 heteroatoms. The molecule has 1 aliphatic heterocycles. The van der Waals surface area contributed by atoms with Crippen molar-refractivity contribution in [2.45, 2.75) is 31.9 Å². The van der Waals surface area contributed by atoms with Crippen LogP contribution in [0.2, 0.25) is 0 Å². The minimum atomic E-state index is -0.690. The minimum absolute atomic E-state index is 0.0541. The zero-order valence-electron chi connectivity index (χ0n) is 14.3. The molecule has 1 aliphatic rings. The van der Waals surface area contributed by atoms with E-state index in [1.807, 2.05) is 36.1 Å². The number of hydrogen-bond donors (Lipinski definition) is 2. The number of aliphatic hydroxyl groups is 1. The summed E-state index contributed by atoms with van der Waals surface area (Å²) in [7, 11) is 0. The molecule has 0 spiro atoms. The lowest BCUT2D eigenvalue weighted by molar-refractivity contribution is -0.117. The minimum Gasteiger partial charge on any atom is -0.387 e. The molecule has 1 amide bonds. The highest BCUT2D eigenvalue weighted by molar-refractivity contribution is 5.95. The topological polar surface area (TPSA) is 52.6 Å². The van der Waals surface area contributed by atoms with Crippen LogP contribution in [0.3, 0.4) is 0 Å². The van der Waals surface area contributed by atoms with Crippen LogP contribution in [-0.4, -0.2) is 24.1 Å². The van der Waals surface area contributed by atoms with E-state index in [0.717, 1.165) is 24.2 Å². The fourth-order valence-corrected chi connectivity index (χ4v) is 3.07. The molecule has 0 aromatic heterocycles. The van der Waals surface area contributed by atoms with Crippen LogP contribution in [-0.2, 0) is 4.79 Å². The van der Waals surface area contributed by atoms with Crippen LogP contribution in [0.4, 0.5) is 10.1 Å². The van der Waals surface area contributed by atoms with Crippen LogP contribution in [0, 0.1) is 5.82 Å². The summed E-state index contributed by atoms with van der Waals surface area (Å²) >= 11 is 0. The Kier molecular flexibility index (Phi) is 5.46. The predicted octanol–water partition coefficient (Wildman–Crippen LogP) is 3.34. The summed E-state index contributed by atoms with van der Waals surface area (Å²) in [5.74, 6) is -0.129. The quantitative estimate of drug-likeness (QED) is 0.847. The van der Waals surface area contributed by atoms with E-state index in [1.54, 1.807) is 12.1 Å². The number of nitrogens with zero attached hydrogens (tertiary/aromatic N) is 1. The summed E-state index contributed by atoms with van der Waals surface area (Å²) in [5.41, 5.74) is 2.70. The molecule has 1 fully saturated rings. The normalized spacial score (nSPS) is 16.9. The third kappa shape index (κ3) is 4.24. The maximum atomic E-state index is 12.9. The van der Waals surface area contributed by atoms with Gasteiger partial charge in [-0.1, -0.05) is 24.3 Å². The van der Waals surface area contributed by atoms with Gasteiger partial charge in [0.05, 0.1) is 6.10 Å². The Morgan fingerprint density at radius 2 is 1.76 bits per heavy atom. The standard InChI is InChI=1S/C20H23FN2O2/c1-14(22-13-19(24)16-4-8-17(21)9-5-16)15-6-10-18(11-7-15)23-12-2-3-20(23)25/h4-11,14,19,22,24H,2-3,12-13H2,1H3/t14-,19+/m1/s1. The fourth-order valence-electron chi connectivity index (χ4n) is 3.07. The summed E-state index contributed by atoms with van der Waals surface area (Å²) in [6, 6.07) is 13.9. The molecule has 4 nitrogen and oxygen atoms in total. The van der Waals surface area contributed by atoms with Gasteiger partial charge in [-0.2, -0.15) is 0 Å². The van der Waals surface area contributed by atoms with Gasteiger partial charge in [0.15, 0.2) is 0 Å². The summed E-state index contributed by atoms with van der Waals surface area (Å²) < 4.78 is 12.9. The number of anilines is 1. The van der Waals surface area contributed by atoms with Gasteiger partial charge in [-0.05, 0) is 48.7 Å². The monoisotopic (exact) mass is 342 g/mol. The second-order valence-electron chi connectivity index (χ2n) is 6.44. The van der Waals surface area contributed by atoms with Crippen molar-refractivity contribution in [1.29, 1.82) is 0 Å². The average Bonchev–Trinajstić information content (AvgIpc) is 3.06. The van der Waals surface area contributed by atoms with Gasteiger partial charge in [-0.15, -0.1) is 0 Å². The van der Waals surface area contributed by atoms with Crippen LogP contribution in [0.25, 0.3) is 0 Å². The van der Waals surface area contributed by atoms with Gasteiger partial charge in [0.2, 0.25) is 5.91 Å². The van der Waals surface area contributed by atoms with E-state index in [-0.39, 0.29) is 17.8 Å². The van der Waals surface area contributed by atoms with E-state index in [2.05, 4.69) is 5.32 Å². The van der Waals surface area contributed by atoms with Gasteiger partial charge in [0, 0.05) is 31.2 Å². The van der Waals surface area contributed by atoms with Crippen molar-refractivity contribution in [3.63, 3.8) is 0 Å². The third-order valence-electron chi connectivity index (χ3n) is 4.65. The molecular weight excluding hydrogens is 319 g/mol. The van der Waals surface area contributed by atoms with Gasteiger partial charge in [-0.25, -0.2) is 4.39 Å². The number of rotatable bonds is 6. The molecule has 1 heterocycles. The van der Waals surface area contributed by atoms with Crippen molar-refractivity contribution in [1.82, 2.24) is 5.32 Å². The first kappa shape index (κ1) is 17.6. The second kappa shape index (κ2) is 7.76. The number of carbonyl (C=O) groups excluding carboxylic acids is 1.